The summed E-state index contributed by atoms with van der Waals surface area (Å²) in [7, 11) is 0. The molecule has 16 heavy (non-hydrogen) atoms. The van der Waals surface area contributed by atoms with Gasteiger partial charge in [0.15, 0.2) is 5.75 Å². The molecule has 0 unspecified atom stereocenters. The Morgan fingerprint density at radius 2 is 2.25 bits per heavy atom. The number of hydrogen-bond acceptors (Lipinski definition) is 3. The van der Waals surface area contributed by atoms with Gasteiger partial charge in [0.1, 0.15) is 17.1 Å². The van der Waals surface area contributed by atoms with Gasteiger partial charge in [-0.15, -0.1) is 0 Å². The predicted octanol–water partition coefficient (Wildman–Crippen LogP) is 2.76. The first kappa shape index (κ1) is 11.1. The fourth-order valence-electron chi connectivity index (χ4n) is 1.37. The van der Waals surface area contributed by atoms with Gasteiger partial charge in [-0.2, -0.15) is 8.78 Å². The summed E-state index contributed by atoms with van der Waals surface area (Å²) in [6, 6.07) is 2.50. The van der Waals surface area contributed by atoms with Gasteiger partial charge in [0.2, 0.25) is 0 Å². The molecule has 0 saturated heterocycles. The van der Waals surface area contributed by atoms with E-state index in [0.29, 0.717) is 16.7 Å². The highest BCUT2D eigenvalue weighted by Gasteiger charge is 2.13. The fraction of sp³-hybridized carbons (Fsp3) is 0.222. The highest BCUT2D eigenvalue weighted by molar-refractivity contribution is 9.08. The molecule has 0 fully saturated rings. The maximum absolute atomic E-state index is 12.1. The van der Waals surface area contributed by atoms with Gasteiger partial charge in [0.05, 0.1) is 10.8 Å². The van der Waals surface area contributed by atoms with Crippen molar-refractivity contribution in [1.82, 2.24) is 9.97 Å². The number of imidazole rings is 1. The number of alkyl halides is 3. The molecule has 0 aliphatic heterocycles. The topological polar surface area (TPSA) is 58.1 Å². The number of nitrogens with zero attached hydrogens (tertiary/aromatic N) is 1. The van der Waals surface area contributed by atoms with Crippen LogP contribution in [0.15, 0.2) is 12.1 Å². The van der Waals surface area contributed by atoms with Crippen LogP contribution < -0.4 is 4.74 Å². The van der Waals surface area contributed by atoms with E-state index in [2.05, 4.69) is 30.6 Å². The second-order valence-corrected chi connectivity index (χ2v) is 3.60. The van der Waals surface area contributed by atoms with Crippen molar-refractivity contribution in [1.29, 1.82) is 0 Å². The van der Waals surface area contributed by atoms with Gasteiger partial charge < -0.3 is 14.8 Å². The van der Waals surface area contributed by atoms with E-state index in [1.165, 1.54) is 6.07 Å². The quantitative estimate of drug-likeness (QED) is 0.855. The molecule has 2 rings (SSSR count). The lowest BCUT2D eigenvalue weighted by molar-refractivity contribution is -0.0489. The number of phenols is 1. The monoisotopic (exact) mass is 292 g/mol. The highest BCUT2D eigenvalue weighted by Crippen LogP contribution is 2.30. The molecule has 0 aliphatic rings. The maximum Gasteiger partial charge on any atom is 0.387 e. The van der Waals surface area contributed by atoms with Crippen LogP contribution in [0.2, 0.25) is 0 Å². The SMILES string of the molecule is Oc1cc(OC(F)F)c2nc(CBr)[nH]c2c1. The zero-order valence-electron chi connectivity index (χ0n) is 7.88. The van der Waals surface area contributed by atoms with Gasteiger partial charge in [-0.05, 0) is 0 Å². The van der Waals surface area contributed by atoms with E-state index in [4.69, 9.17) is 0 Å². The summed E-state index contributed by atoms with van der Waals surface area (Å²) < 4.78 is 28.5. The smallest absolute Gasteiger partial charge is 0.387 e. The molecule has 1 aromatic heterocycles. The molecule has 1 heterocycles. The second-order valence-electron chi connectivity index (χ2n) is 3.04. The van der Waals surface area contributed by atoms with E-state index >= 15 is 0 Å². The van der Waals surface area contributed by atoms with Gasteiger partial charge in [-0.1, -0.05) is 15.9 Å². The minimum Gasteiger partial charge on any atom is -0.508 e. The van der Waals surface area contributed by atoms with Crippen LogP contribution in [-0.4, -0.2) is 21.7 Å². The number of benzene rings is 1. The largest absolute Gasteiger partial charge is 0.508 e. The van der Waals surface area contributed by atoms with Gasteiger partial charge >= 0.3 is 6.61 Å². The maximum atomic E-state index is 12.1. The first-order valence-electron chi connectivity index (χ1n) is 4.32. The summed E-state index contributed by atoms with van der Waals surface area (Å²) in [4.78, 5) is 6.91. The average molecular weight is 293 g/mol. The Bertz CT molecular complexity index is 515. The molecule has 7 heteroatoms. The van der Waals surface area contributed by atoms with Gasteiger partial charge in [-0.25, -0.2) is 4.98 Å². The number of rotatable bonds is 3. The molecule has 0 atom stereocenters. The number of H-pyrrole nitrogens is 1. The van der Waals surface area contributed by atoms with E-state index in [1.807, 2.05) is 0 Å². The Kier molecular flexibility index (Phi) is 2.95. The van der Waals surface area contributed by atoms with Crippen LogP contribution in [0.25, 0.3) is 11.0 Å². The van der Waals surface area contributed by atoms with Gasteiger partial charge in [0.25, 0.3) is 0 Å². The zero-order valence-corrected chi connectivity index (χ0v) is 9.46. The van der Waals surface area contributed by atoms with Crippen molar-refractivity contribution in [2.45, 2.75) is 11.9 Å². The third kappa shape index (κ3) is 2.08. The Labute approximate surface area is 97.4 Å². The molecular weight excluding hydrogens is 286 g/mol. The van der Waals surface area contributed by atoms with Crippen molar-refractivity contribution in [2.24, 2.45) is 0 Å². The summed E-state index contributed by atoms with van der Waals surface area (Å²) in [5.74, 6) is 0.265. The Morgan fingerprint density at radius 3 is 2.88 bits per heavy atom. The van der Waals surface area contributed by atoms with Gasteiger partial charge in [0, 0.05) is 12.1 Å². The number of aromatic nitrogens is 2. The van der Waals surface area contributed by atoms with E-state index in [-0.39, 0.29) is 17.0 Å². The van der Waals surface area contributed by atoms with Crippen LogP contribution in [0.4, 0.5) is 8.78 Å². The van der Waals surface area contributed by atoms with E-state index < -0.39 is 6.61 Å². The highest BCUT2D eigenvalue weighted by atomic mass is 79.9. The normalized spacial score (nSPS) is 11.2. The Balaban J connectivity index is 2.56. The van der Waals surface area contributed by atoms with Crippen molar-refractivity contribution in [3.63, 3.8) is 0 Å². The van der Waals surface area contributed by atoms with Crippen molar-refractivity contribution < 1.29 is 18.6 Å². The number of fused-ring (bicyclic) bond motifs is 1. The average Bonchev–Trinajstić information content (AvgIpc) is 2.59. The minimum absolute atomic E-state index is 0.145. The van der Waals surface area contributed by atoms with Gasteiger partial charge in [-0.3, -0.25) is 0 Å². The Hall–Kier alpha value is -1.37. The summed E-state index contributed by atoms with van der Waals surface area (Å²) in [6.07, 6.45) is 0. The summed E-state index contributed by atoms with van der Waals surface area (Å²) in [6.45, 7) is -2.95. The van der Waals surface area contributed by atoms with Crippen LogP contribution in [0.3, 0.4) is 0 Å². The number of ether oxygens (including phenoxy) is 1. The molecule has 2 aromatic rings. The molecule has 0 aliphatic carbocycles. The molecule has 4 nitrogen and oxygen atoms in total. The van der Waals surface area contributed by atoms with E-state index in [0.717, 1.165) is 6.07 Å². The summed E-state index contributed by atoms with van der Waals surface area (Å²) in [5.41, 5.74) is 0.720. The molecule has 2 N–H and O–H groups in total. The molecule has 0 bridgehead atoms. The van der Waals surface area contributed by atoms with Crippen LogP contribution in [0, 0.1) is 0 Å². The number of aromatic hydroxyl groups is 1. The van der Waals surface area contributed by atoms with Crippen molar-refractivity contribution in [3.8, 4) is 11.5 Å². The molecule has 0 radical (unpaired) electrons. The van der Waals surface area contributed by atoms with Crippen LogP contribution in [0.1, 0.15) is 5.82 Å². The van der Waals surface area contributed by atoms with E-state index in [9.17, 15) is 13.9 Å². The lowest BCUT2D eigenvalue weighted by atomic mass is 10.3. The minimum atomic E-state index is -2.95. The first-order chi connectivity index (χ1) is 7.60. The number of phenolic OH excluding ortho intramolecular Hbond substituents is 1. The zero-order chi connectivity index (χ0) is 11.7. The fourth-order valence-corrected chi connectivity index (χ4v) is 1.64. The number of halogens is 3. The molecule has 86 valence electrons. The standard InChI is InChI=1S/C9H7BrF2N2O2/c10-3-7-13-5-1-4(15)2-6(8(5)14-7)16-9(11)12/h1-2,9,15H,3H2,(H,13,14). The number of hydrogen-bond donors (Lipinski definition) is 2. The molecule has 0 saturated carbocycles. The predicted molar refractivity (Wildman–Crippen MR) is 57.0 cm³/mol. The van der Waals surface area contributed by atoms with Crippen LogP contribution >= 0.6 is 15.9 Å². The first-order valence-corrected chi connectivity index (χ1v) is 5.44. The van der Waals surface area contributed by atoms with Crippen LogP contribution in [-0.2, 0) is 5.33 Å². The lowest BCUT2D eigenvalue weighted by Crippen LogP contribution is -2.02. The Morgan fingerprint density at radius 1 is 1.50 bits per heavy atom. The third-order valence-electron chi connectivity index (χ3n) is 1.93. The number of nitrogens with one attached hydrogen (secondary N) is 1. The molecular formula is C9H7BrF2N2O2. The lowest BCUT2D eigenvalue weighted by Gasteiger charge is -2.05. The third-order valence-corrected chi connectivity index (χ3v) is 2.46. The van der Waals surface area contributed by atoms with Crippen molar-refractivity contribution in [3.05, 3.63) is 18.0 Å². The van der Waals surface area contributed by atoms with Crippen molar-refractivity contribution in [2.75, 3.05) is 0 Å². The van der Waals surface area contributed by atoms with E-state index in [1.54, 1.807) is 0 Å². The second kappa shape index (κ2) is 4.25. The van der Waals surface area contributed by atoms with Crippen LogP contribution in [0.5, 0.6) is 11.5 Å². The van der Waals surface area contributed by atoms with Crippen molar-refractivity contribution >= 4 is 27.0 Å². The molecule has 0 amide bonds. The molecule has 1 aromatic carbocycles. The molecule has 0 spiro atoms. The summed E-state index contributed by atoms with van der Waals surface area (Å²) >= 11 is 3.18. The summed E-state index contributed by atoms with van der Waals surface area (Å²) in [5, 5.41) is 9.78. The number of aromatic amines is 1.